The summed E-state index contributed by atoms with van der Waals surface area (Å²) in [5.41, 5.74) is 6.61. The molecule has 0 radical (unpaired) electrons. The summed E-state index contributed by atoms with van der Waals surface area (Å²) >= 11 is 0. The van der Waals surface area contributed by atoms with Gasteiger partial charge in [-0.3, -0.25) is 4.79 Å². The maximum atomic E-state index is 12.3. The van der Waals surface area contributed by atoms with Crippen molar-refractivity contribution in [2.75, 3.05) is 6.61 Å². The van der Waals surface area contributed by atoms with Crippen LogP contribution in [0.25, 0.3) is 0 Å². The van der Waals surface area contributed by atoms with E-state index in [9.17, 15) is 4.79 Å². The highest BCUT2D eigenvalue weighted by atomic mass is 16.5. The minimum Gasteiger partial charge on any atom is -0.493 e. The lowest BCUT2D eigenvalue weighted by molar-refractivity contribution is 0.0926. The summed E-state index contributed by atoms with van der Waals surface area (Å²) in [6.07, 6.45) is 10.6. The molecule has 0 aliphatic heterocycles. The molecule has 2 aliphatic carbocycles. The summed E-state index contributed by atoms with van der Waals surface area (Å²) in [7, 11) is 0. The summed E-state index contributed by atoms with van der Waals surface area (Å²) in [6, 6.07) is 8.11. The standard InChI is InChI=1S/C20H30N2O2/c21-17-8-10-18(11-9-17)22-20(23)16-6-12-19(13-7-16)24-14-15-4-2-1-3-5-15/h6-7,12-13,15,17-18H,1-5,8-11,14,21H2,(H,22,23). The number of benzene rings is 1. The van der Waals surface area contributed by atoms with Crippen molar-refractivity contribution in [3.8, 4) is 5.75 Å². The molecule has 1 amide bonds. The Bertz CT molecular complexity index is 515. The lowest BCUT2D eigenvalue weighted by Crippen LogP contribution is -2.40. The van der Waals surface area contributed by atoms with Crippen LogP contribution < -0.4 is 15.8 Å². The smallest absolute Gasteiger partial charge is 0.251 e. The van der Waals surface area contributed by atoms with Gasteiger partial charge >= 0.3 is 0 Å². The number of carbonyl (C=O) groups excluding carboxylic acids is 1. The molecule has 1 aromatic carbocycles. The predicted octanol–water partition coefficient (Wildman–Crippen LogP) is 3.65. The molecule has 0 aromatic heterocycles. The number of hydrogen-bond donors (Lipinski definition) is 2. The Kier molecular flexibility index (Phi) is 6.13. The van der Waals surface area contributed by atoms with Gasteiger partial charge in [0.1, 0.15) is 5.75 Å². The monoisotopic (exact) mass is 330 g/mol. The summed E-state index contributed by atoms with van der Waals surface area (Å²) in [5.74, 6) is 1.56. The molecule has 0 unspecified atom stereocenters. The minimum atomic E-state index is 0.00861. The Balaban J connectivity index is 1.45. The van der Waals surface area contributed by atoms with Crippen molar-refractivity contribution in [1.82, 2.24) is 5.32 Å². The topological polar surface area (TPSA) is 64.3 Å². The van der Waals surface area contributed by atoms with Crippen molar-refractivity contribution in [2.24, 2.45) is 11.7 Å². The molecule has 2 saturated carbocycles. The average molecular weight is 330 g/mol. The zero-order valence-corrected chi connectivity index (χ0v) is 14.5. The highest BCUT2D eigenvalue weighted by Crippen LogP contribution is 2.25. The molecule has 24 heavy (non-hydrogen) atoms. The van der Waals surface area contributed by atoms with Crippen LogP contribution in [0.4, 0.5) is 0 Å². The third-order valence-electron chi connectivity index (χ3n) is 5.43. The maximum Gasteiger partial charge on any atom is 0.251 e. The molecule has 0 bridgehead atoms. The highest BCUT2D eigenvalue weighted by molar-refractivity contribution is 5.94. The maximum absolute atomic E-state index is 12.3. The highest BCUT2D eigenvalue weighted by Gasteiger charge is 2.20. The van der Waals surface area contributed by atoms with E-state index in [1.165, 1.54) is 32.1 Å². The van der Waals surface area contributed by atoms with E-state index < -0.39 is 0 Å². The van der Waals surface area contributed by atoms with E-state index in [1.54, 1.807) is 0 Å². The number of hydrogen-bond acceptors (Lipinski definition) is 3. The molecular weight excluding hydrogens is 300 g/mol. The van der Waals surface area contributed by atoms with E-state index in [0.29, 0.717) is 17.5 Å². The number of nitrogens with two attached hydrogens (primary N) is 1. The SMILES string of the molecule is NC1CCC(NC(=O)c2ccc(OCC3CCCCC3)cc2)CC1. The number of carbonyl (C=O) groups is 1. The van der Waals surface area contributed by atoms with Crippen LogP contribution in [0.3, 0.4) is 0 Å². The number of rotatable bonds is 5. The Morgan fingerprint density at radius 3 is 2.33 bits per heavy atom. The van der Waals surface area contributed by atoms with Crippen molar-refractivity contribution >= 4 is 5.91 Å². The van der Waals surface area contributed by atoms with Gasteiger partial charge in [-0.15, -0.1) is 0 Å². The first-order valence-electron chi connectivity index (χ1n) is 9.50. The second kappa shape index (κ2) is 8.52. The van der Waals surface area contributed by atoms with Gasteiger partial charge in [0.05, 0.1) is 6.61 Å². The van der Waals surface area contributed by atoms with Gasteiger partial charge in [-0.2, -0.15) is 0 Å². The van der Waals surface area contributed by atoms with E-state index in [1.807, 2.05) is 24.3 Å². The third-order valence-corrected chi connectivity index (χ3v) is 5.43. The van der Waals surface area contributed by atoms with Gasteiger partial charge in [0.2, 0.25) is 0 Å². The molecule has 2 fully saturated rings. The van der Waals surface area contributed by atoms with Gasteiger partial charge < -0.3 is 15.8 Å². The first-order valence-corrected chi connectivity index (χ1v) is 9.50. The van der Waals surface area contributed by atoms with Crippen LogP contribution in [0, 0.1) is 5.92 Å². The van der Waals surface area contributed by atoms with Gasteiger partial charge in [0.15, 0.2) is 0 Å². The van der Waals surface area contributed by atoms with E-state index >= 15 is 0 Å². The lowest BCUT2D eigenvalue weighted by Gasteiger charge is -2.26. The van der Waals surface area contributed by atoms with Crippen LogP contribution in [-0.2, 0) is 0 Å². The molecule has 0 saturated heterocycles. The summed E-state index contributed by atoms with van der Waals surface area (Å²) in [5, 5.41) is 3.12. The zero-order chi connectivity index (χ0) is 16.8. The Morgan fingerprint density at radius 2 is 1.67 bits per heavy atom. The quantitative estimate of drug-likeness (QED) is 0.866. The van der Waals surface area contributed by atoms with Crippen molar-refractivity contribution in [3.63, 3.8) is 0 Å². The lowest BCUT2D eigenvalue weighted by atomic mass is 9.90. The van der Waals surface area contributed by atoms with Crippen LogP contribution in [-0.4, -0.2) is 24.6 Å². The van der Waals surface area contributed by atoms with Gasteiger partial charge in [0, 0.05) is 17.6 Å². The van der Waals surface area contributed by atoms with Crippen LogP contribution in [0.5, 0.6) is 5.75 Å². The Labute approximate surface area is 145 Å². The fourth-order valence-corrected chi connectivity index (χ4v) is 3.80. The molecule has 132 valence electrons. The van der Waals surface area contributed by atoms with Crippen molar-refractivity contribution in [1.29, 1.82) is 0 Å². The normalized spacial score (nSPS) is 25.2. The van der Waals surface area contributed by atoms with Gasteiger partial charge in [-0.05, 0) is 68.7 Å². The first-order chi connectivity index (χ1) is 11.7. The molecule has 4 heteroatoms. The average Bonchev–Trinajstić information content (AvgIpc) is 2.63. The Hall–Kier alpha value is -1.55. The second-order valence-corrected chi connectivity index (χ2v) is 7.42. The van der Waals surface area contributed by atoms with Gasteiger partial charge in [-0.25, -0.2) is 0 Å². The van der Waals surface area contributed by atoms with Crippen LogP contribution >= 0.6 is 0 Å². The largest absolute Gasteiger partial charge is 0.493 e. The molecule has 3 rings (SSSR count). The fraction of sp³-hybridized carbons (Fsp3) is 0.650. The fourth-order valence-electron chi connectivity index (χ4n) is 3.80. The summed E-state index contributed by atoms with van der Waals surface area (Å²) in [4.78, 5) is 12.3. The molecule has 4 nitrogen and oxygen atoms in total. The predicted molar refractivity (Wildman–Crippen MR) is 96.2 cm³/mol. The number of nitrogens with one attached hydrogen (secondary N) is 1. The van der Waals surface area contributed by atoms with Gasteiger partial charge in [0.25, 0.3) is 5.91 Å². The van der Waals surface area contributed by atoms with Gasteiger partial charge in [-0.1, -0.05) is 19.3 Å². The van der Waals surface area contributed by atoms with E-state index in [0.717, 1.165) is 38.0 Å². The first kappa shape index (κ1) is 17.3. The molecule has 1 aromatic rings. The molecule has 0 spiro atoms. The van der Waals surface area contributed by atoms with Crippen LogP contribution in [0.15, 0.2) is 24.3 Å². The molecular formula is C20H30N2O2. The molecule has 0 atom stereocenters. The van der Waals surface area contributed by atoms with Crippen LogP contribution in [0.1, 0.15) is 68.1 Å². The van der Waals surface area contributed by atoms with E-state index in [-0.39, 0.29) is 11.9 Å². The summed E-state index contributed by atoms with van der Waals surface area (Å²) in [6.45, 7) is 0.799. The molecule has 0 heterocycles. The van der Waals surface area contributed by atoms with Crippen molar-refractivity contribution < 1.29 is 9.53 Å². The van der Waals surface area contributed by atoms with Crippen molar-refractivity contribution in [3.05, 3.63) is 29.8 Å². The van der Waals surface area contributed by atoms with E-state index in [2.05, 4.69) is 5.32 Å². The summed E-state index contributed by atoms with van der Waals surface area (Å²) < 4.78 is 5.90. The van der Waals surface area contributed by atoms with Crippen molar-refractivity contribution in [2.45, 2.75) is 69.9 Å². The minimum absolute atomic E-state index is 0.00861. The number of amides is 1. The Morgan fingerprint density at radius 1 is 1.00 bits per heavy atom. The molecule has 2 aliphatic rings. The third kappa shape index (κ3) is 4.97. The number of ether oxygens (including phenoxy) is 1. The van der Waals surface area contributed by atoms with E-state index in [4.69, 9.17) is 10.5 Å². The molecule has 3 N–H and O–H groups in total. The zero-order valence-electron chi connectivity index (χ0n) is 14.5. The van der Waals surface area contributed by atoms with Crippen LogP contribution in [0.2, 0.25) is 0 Å². The second-order valence-electron chi connectivity index (χ2n) is 7.42.